The van der Waals surface area contributed by atoms with Gasteiger partial charge in [-0.15, -0.1) is 4.91 Å². The molecule has 150 valence electrons. The number of amides is 1. The van der Waals surface area contributed by atoms with Crippen molar-refractivity contribution in [3.63, 3.8) is 0 Å². The van der Waals surface area contributed by atoms with E-state index in [0.29, 0.717) is 17.8 Å². The summed E-state index contributed by atoms with van der Waals surface area (Å²) in [4.78, 5) is 28.2. The Morgan fingerprint density at radius 1 is 1.10 bits per heavy atom. The lowest BCUT2D eigenvalue weighted by molar-refractivity contribution is 0.0976. The van der Waals surface area contributed by atoms with E-state index < -0.39 is 0 Å². The summed E-state index contributed by atoms with van der Waals surface area (Å²) in [7, 11) is 0. The van der Waals surface area contributed by atoms with E-state index in [1.807, 2.05) is 0 Å². The molecule has 1 saturated heterocycles. The van der Waals surface area contributed by atoms with Gasteiger partial charge < -0.3 is 9.80 Å². The van der Waals surface area contributed by atoms with Crippen molar-refractivity contribution in [2.75, 3.05) is 31.1 Å². The largest absolute Gasteiger partial charge is 0.307 e. The van der Waals surface area contributed by atoms with E-state index in [4.69, 9.17) is 0 Å². The molecule has 0 atom stereocenters. The van der Waals surface area contributed by atoms with Crippen LogP contribution in [0.15, 0.2) is 47.6 Å². The molecular formula is C23H24FN3O2. The summed E-state index contributed by atoms with van der Waals surface area (Å²) in [5, 5.41) is 2.89. The lowest BCUT2D eigenvalue weighted by Crippen LogP contribution is -2.46. The van der Waals surface area contributed by atoms with Crippen molar-refractivity contribution in [1.82, 2.24) is 4.90 Å². The molecule has 2 heterocycles. The molecule has 5 rings (SSSR count). The van der Waals surface area contributed by atoms with Crippen molar-refractivity contribution in [3.05, 3.63) is 64.3 Å². The van der Waals surface area contributed by atoms with Gasteiger partial charge in [0.25, 0.3) is 5.91 Å². The number of fused-ring (bicyclic) bond motifs is 2. The fourth-order valence-electron chi connectivity index (χ4n) is 4.90. The molecule has 1 saturated carbocycles. The van der Waals surface area contributed by atoms with Crippen LogP contribution in [-0.4, -0.2) is 37.0 Å². The third kappa shape index (κ3) is 3.35. The second-order valence-corrected chi connectivity index (χ2v) is 8.72. The Bertz CT molecular complexity index is 947. The summed E-state index contributed by atoms with van der Waals surface area (Å²) in [5.41, 5.74) is 2.39. The lowest BCUT2D eigenvalue weighted by Gasteiger charge is -2.40. The van der Waals surface area contributed by atoms with E-state index in [2.05, 4.69) is 10.1 Å². The first kappa shape index (κ1) is 18.4. The first-order chi connectivity index (χ1) is 14.1. The average Bonchev–Trinajstić information content (AvgIpc) is 3.52. The summed E-state index contributed by atoms with van der Waals surface area (Å²) in [6, 6.07) is 11.1. The number of hydrogen-bond acceptors (Lipinski definition) is 4. The predicted octanol–water partition coefficient (Wildman–Crippen LogP) is 4.63. The average molecular weight is 393 g/mol. The second kappa shape index (κ2) is 7.02. The van der Waals surface area contributed by atoms with E-state index in [9.17, 15) is 14.1 Å². The molecule has 29 heavy (non-hydrogen) atoms. The van der Waals surface area contributed by atoms with Crippen LogP contribution in [0, 0.1) is 16.6 Å². The van der Waals surface area contributed by atoms with Gasteiger partial charge in [0.2, 0.25) is 0 Å². The molecule has 2 aromatic carbocycles. The lowest BCUT2D eigenvalue weighted by atomic mass is 9.74. The van der Waals surface area contributed by atoms with E-state index in [1.54, 1.807) is 41.3 Å². The van der Waals surface area contributed by atoms with Crippen molar-refractivity contribution in [2.45, 2.75) is 31.1 Å². The number of nitroso groups, excluding NO2 is 1. The summed E-state index contributed by atoms with van der Waals surface area (Å²) in [6.45, 7) is 3.74. The van der Waals surface area contributed by atoms with Gasteiger partial charge in [-0.1, -0.05) is 0 Å². The van der Waals surface area contributed by atoms with Crippen LogP contribution in [0.1, 0.15) is 41.6 Å². The summed E-state index contributed by atoms with van der Waals surface area (Å²) in [5.74, 6) is 0.492. The molecule has 5 nitrogen and oxygen atoms in total. The number of nitrogens with zero attached hydrogens (tertiary/aromatic N) is 3. The Hall–Kier alpha value is -2.60. The molecule has 2 fully saturated rings. The van der Waals surface area contributed by atoms with Gasteiger partial charge >= 0.3 is 0 Å². The Morgan fingerprint density at radius 3 is 2.48 bits per heavy atom. The zero-order chi connectivity index (χ0) is 20.0. The highest BCUT2D eigenvalue weighted by molar-refractivity contribution is 6.07. The van der Waals surface area contributed by atoms with Crippen LogP contribution in [0.5, 0.6) is 0 Å². The number of carbonyl (C=O) groups excluding carboxylic acids is 1. The predicted molar refractivity (Wildman–Crippen MR) is 110 cm³/mol. The third-order valence-electron chi connectivity index (χ3n) is 6.77. The van der Waals surface area contributed by atoms with Gasteiger partial charge in [-0.25, -0.2) is 4.39 Å². The number of halogens is 1. The Morgan fingerprint density at radius 2 is 1.83 bits per heavy atom. The minimum absolute atomic E-state index is 0.118. The number of rotatable bonds is 4. The van der Waals surface area contributed by atoms with Crippen molar-refractivity contribution in [2.24, 2.45) is 11.1 Å². The monoisotopic (exact) mass is 393 g/mol. The van der Waals surface area contributed by atoms with Gasteiger partial charge in [0.05, 0.1) is 0 Å². The molecule has 6 heteroatoms. The number of anilines is 1. The fraction of sp³-hybridized carbons (Fsp3) is 0.435. The number of piperidine rings is 1. The van der Waals surface area contributed by atoms with Crippen LogP contribution in [-0.2, 0) is 5.41 Å². The van der Waals surface area contributed by atoms with Gasteiger partial charge in [-0.2, -0.15) is 0 Å². The van der Waals surface area contributed by atoms with Crippen molar-refractivity contribution >= 4 is 17.3 Å². The van der Waals surface area contributed by atoms with Crippen LogP contribution in [0.3, 0.4) is 0 Å². The molecule has 2 aromatic rings. The standard InChI is InChI=1S/C23H24FN3O2/c24-18-5-8-21-20(13-18)23(9-11-26(12-10-23)14-16-1-2-16)15-27(21)22(28)17-3-6-19(25-29)7-4-17/h3-8,13,16H,1-2,9-12,14-15H2. The SMILES string of the molecule is O=Nc1ccc(C(=O)N2CC3(CCN(CC4CC4)CC3)c3cc(F)ccc32)cc1. The summed E-state index contributed by atoms with van der Waals surface area (Å²) in [6.07, 6.45) is 4.56. The van der Waals surface area contributed by atoms with Crippen LogP contribution >= 0.6 is 0 Å². The van der Waals surface area contributed by atoms with E-state index in [0.717, 1.165) is 43.1 Å². The number of likely N-dealkylation sites (tertiary alicyclic amines) is 1. The van der Waals surface area contributed by atoms with Crippen molar-refractivity contribution < 1.29 is 9.18 Å². The Balaban J connectivity index is 1.42. The smallest absolute Gasteiger partial charge is 0.258 e. The minimum atomic E-state index is -0.251. The molecule has 2 aliphatic heterocycles. The molecular weight excluding hydrogens is 369 g/mol. The second-order valence-electron chi connectivity index (χ2n) is 8.72. The molecule has 1 spiro atoms. The zero-order valence-corrected chi connectivity index (χ0v) is 16.3. The molecule has 0 unspecified atom stereocenters. The number of benzene rings is 2. The molecule has 0 bridgehead atoms. The number of carbonyl (C=O) groups is 1. The van der Waals surface area contributed by atoms with E-state index in [-0.39, 0.29) is 17.1 Å². The van der Waals surface area contributed by atoms with Gasteiger partial charge in [0, 0.05) is 29.8 Å². The molecule has 0 N–H and O–H groups in total. The maximum atomic E-state index is 14.1. The third-order valence-corrected chi connectivity index (χ3v) is 6.77. The molecule has 3 aliphatic rings. The van der Waals surface area contributed by atoms with E-state index in [1.165, 1.54) is 25.5 Å². The van der Waals surface area contributed by atoms with E-state index >= 15 is 0 Å². The fourth-order valence-corrected chi connectivity index (χ4v) is 4.90. The van der Waals surface area contributed by atoms with Crippen molar-refractivity contribution in [3.8, 4) is 0 Å². The summed E-state index contributed by atoms with van der Waals surface area (Å²) < 4.78 is 14.1. The van der Waals surface area contributed by atoms with Crippen LogP contribution in [0.4, 0.5) is 15.8 Å². The molecule has 1 aliphatic carbocycles. The normalized spacial score (nSPS) is 20.7. The zero-order valence-electron chi connectivity index (χ0n) is 16.3. The Labute approximate surface area is 169 Å². The first-order valence-electron chi connectivity index (χ1n) is 10.4. The quantitative estimate of drug-likeness (QED) is 0.712. The van der Waals surface area contributed by atoms with Crippen LogP contribution < -0.4 is 4.90 Å². The van der Waals surface area contributed by atoms with Gasteiger partial charge in [0.15, 0.2) is 0 Å². The number of hydrogen-bond donors (Lipinski definition) is 0. The first-order valence-corrected chi connectivity index (χ1v) is 10.4. The molecule has 0 aromatic heterocycles. The highest BCUT2D eigenvalue weighted by atomic mass is 19.1. The molecule has 1 amide bonds. The highest BCUT2D eigenvalue weighted by Gasteiger charge is 2.47. The highest BCUT2D eigenvalue weighted by Crippen LogP contribution is 2.48. The topological polar surface area (TPSA) is 53.0 Å². The van der Waals surface area contributed by atoms with Gasteiger partial charge in [0.1, 0.15) is 11.5 Å². The molecule has 0 radical (unpaired) electrons. The summed E-state index contributed by atoms with van der Waals surface area (Å²) >= 11 is 0. The Kier molecular flexibility index (Phi) is 4.46. The van der Waals surface area contributed by atoms with Crippen LogP contribution in [0.2, 0.25) is 0 Å². The van der Waals surface area contributed by atoms with Crippen LogP contribution in [0.25, 0.3) is 0 Å². The van der Waals surface area contributed by atoms with Gasteiger partial charge in [-0.3, -0.25) is 4.79 Å². The van der Waals surface area contributed by atoms with Gasteiger partial charge in [-0.05, 0) is 97.9 Å². The maximum Gasteiger partial charge on any atom is 0.258 e. The minimum Gasteiger partial charge on any atom is -0.307 e. The maximum absolute atomic E-state index is 14.1. The van der Waals surface area contributed by atoms with Crippen molar-refractivity contribution in [1.29, 1.82) is 0 Å².